The molecule has 0 aliphatic heterocycles. The Hall–Kier alpha value is -0.370. The van der Waals surface area contributed by atoms with E-state index in [0.717, 1.165) is 32.0 Å². The molecule has 0 amide bonds. The van der Waals surface area contributed by atoms with Gasteiger partial charge in [0.15, 0.2) is 0 Å². The molecule has 0 aliphatic carbocycles. The van der Waals surface area contributed by atoms with Crippen molar-refractivity contribution < 1.29 is 9.90 Å². The van der Waals surface area contributed by atoms with Crippen LogP contribution in [0, 0.1) is 0 Å². The number of aldehydes is 1. The van der Waals surface area contributed by atoms with Gasteiger partial charge in [-0.3, -0.25) is 0 Å². The zero-order chi connectivity index (χ0) is 9.78. The van der Waals surface area contributed by atoms with Crippen LogP contribution in [0.3, 0.4) is 0 Å². The first kappa shape index (κ1) is 12.6. The molecule has 0 spiro atoms. The molecule has 0 atom stereocenters. The molecule has 0 unspecified atom stereocenters. The topological polar surface area (TPSA) is 37.3 Å². The van der Waals surface area contributed by atoms with Crippen molar-refractivity contribution in [1.29, 1.82) is 0 Å². The maximum Gasteiger partial charge on any atom is 0.119 e. The molecule has 0 saturated carbocycles. The van der Waals surface area contributed by atoms with Gasteiger partial charge < -0.3 is 9.90 Å². The number of rotatable bonds is 10. The lowest BCUT2D eigenvalue weighted by molar-refractivity contribution is -0.107. The van der Waals surface area contributed by atoms with Gasteiger partial charge in [-0.1, -0.05) is 38.5 Å². The molecule has 0 aliphatic rings. The lowest BCUT2D eigenvalue weighted by atomic mass is 10.1. The Morgan fingerprint density at radius 2 is 1.23 bits per heavy atom. The molecule has 1 N–H and O–H groups in total. The van der Waals surface area contributed by atoms with Crippen LogP contribution in [0.1, 0.15) is 57.8 Å². The summed E-state index contributed by atoms with van der Waals surface area (Å²) in [6.45, 7) is 0.333. The molecule has 0 aromatic heterocycles. The number of aliphatic hydroxyl groups excluding tert-OH is 1. The molecule has 0 saturated heterocycles. The maximum atomic E-state index is 9.99. The van der Waals surface area contributed by atoms with Gasteiger partial charge >= 0.3 is 0 Å². The first-order valence-corrected chi connectivity index (χ1v) is 5.46. The van der Waals surface area contributed by atoms with Crippen LogP contribution in [-0.2, 0) is 4.79 Å². The molecule has 13 heavy (non-hydrogen) atoms. The molecule has 0 rings (SSSR count). The lowest BCUT2D eigenvalue weighted by Crippen LogP contribution is -1.84. The van der Waals surface area contributed by atoms with Crippen molar-refractivity contribution in [1.82, 2.24) is 0 Å². The van der Waals surface area contributed by atoms with Crippen LogP contribution in [-0.4, -0.2) is 18.0 Å². The van der Waals surface area contributed by atoms with Gasteiger partial charge in [0.25, 0.3) is 0 Å². The summed E-state index contributed by atoms with van der Waals surface area (Å²) in [7, 11) is 0. The summed E-state index contributed by atoms with van der Waals surface area (Å²) in [5.74, 6) is 0. The summed E-state index contributed by atoms with van der Waals surface area (Å²) in [6, 6.07) is 0. The van der Waals surface area contributed by atoms with Crippen molar-refractivity contribution in [2.75, 3.05) is 6.61 Å². The third-order valence-corrected chi connectivity index (χ3v) is 2.23. The molecule has 2 nitrogen and oxygen atoms in total. The highest BCUT2D eigenvalue weighted by Crippen LogP contribution is 2.08. The maximum absolute atomic E-state index is 9.99. The minimum Gasteiger partial charge on any atom is -0.396 e. The standard InChI is InChI=1S/C11H22O2/c12-10-8-6-4-2-1-3-5-7-9-11-13/h10,13H,1-9,11H2. The van der Waals surface area contributed by atoms with E-state index in [9.17, 15) is 4.79 Å². The summed E-state index contributed by atoms with van der Waals surface area (Å²) in [5, 5.41) is 8.53. The minimum absolute atomic E-state index is 0.333. The van der Waals surface area contributed by atoms with E-state index in [1.165, 1.54) is 32.1 Å². The monoisotopic (exact) mass is 186 g/mol. The first-order valence-electron chi connectivity index (χ1n) is 5.46. The normalized spacial score (nSPS) is 10.2. The Labute approximate surface area is 81.3 Å². The summed E-state index contributed by atoms with van der Waals surface area (Å²) >= 11 is 0. The van der Waals surface area contributed by atoms with E-state index in [1.54, 1.807) is 0 Å². The molecule has 78 valence electrons. The van der Waals surface area contributed by atoms with Crippen molar-refractivity contribution in [2.45, 2.75) is 57.8 Å². The first-order chi connectivity index (χ1) is 6.41. The fourth-order valence-electron chi connectivity index (χ4n) is 1.40. The number of carbonyl (C=O) groups is 1. The quantitative estimate of drug-likeness (QED) is 0.420. The second kappa shape index (κ2) is 11.6. The van der Waals surface area contributed by atoms with Crippen LogP contribution in [0.4, 0.5) is 0 Å². The van der Waals surface area contributed by atoms with E-state index in [1.807, 2.05) is 0 Å². The van der Waals surface area contributed by atoms with Crippen molar-refractivity contribution in [2.24, 2.45) is 0 Å². The average Bonchev–Trinajstić information content (AvgIpc) is 2.16. The van der Waals surface area contributed by atoms with Gasteiger partial charge in [0.05, 0.1) is 0 Å². The van der Waals surface area contributed by atoms with Crippen molar-refractivity contribution in [3.63, 3.8) is 0 Å². The average molecular weight is 186 g/mol. The van der Waals surface area contributed by atoms with E-state index in [2.05, 4.69) is 0 Å². The summed E-state index contributed by atoms with van der Waals surface area (Å²) < 4.78 is 0. The number of hydrogen-bond acceptors (Lipinski definition) is 2. The second-order valence-electron chi connectivity index (χ2n) is 3.51. The van der Waals surface area contributed by atoms with Crippen LogP contribution in [0.25, 0.3) is 0 Å². The SMILES string of the molecule is O=CCCCCCCCCCCO. The molecule has 0 radical (unpaired) electrons. The predicted molar refractivity (Wildman–Crippen MR) is 54.7 cm³/mol. The number of carbonyl (C=O) groups excluding carboxylic acids is 1. The van der Waals surface area contributed by atoms with Crippen molar-refractivity contribution in [3.05, 3.63) is 0 Å². The van der Waals surface area contributed by atoms with Gasteiger partial charge in [0, 0.05) is 13.0 Å². The fourth-order valence-corrected chi connectivity index (χ4v) is 1.40. The second-order valence-corrected chi connectivity index (χ2v) is 3.51. The molecule has 0 aromatic carbocycles. The van der Waals surface area contributed by atoms with Crippen LogP contribution in [0.15, 0.2) is 0 Å². The molecule has 0 fully saturated rings. The van der Waals surface area contributed by atoms with E-state index in [4.69, 9.17) is 5.11 Å². The molecular formula is C11H22O2. The molecular weight excluding hydrogens is 164 g/mol. The summed E-state index contributed by atoms with van der Waals surface area (Å²) in [6.07, 6.45) is 11.1. The summed E-state index contributed by atoms with van der Waals surface area (Å²) in [5.41, 5.74) is 0. The fraction of sp³-hybridized carbons (Fsp3) is 0.909. The minimum atomic E-state index is 0.333. The summed E-state index contributed by atoms with van der Waals surface area (Å²) in [4.78, 5) is 9.99. The predicted octanol–water partition coefficient (Wildman–Crippen LogP) is 2.69. The van der Waals surface area contributed by atoms with Crippen LogP contribution in [0.2, 0.25) is 0 Å². The lowest BCUT2D eigenvalue weighted by Gasteiger charge is -1.99. The molecule has 0 heterocycles. The molecule has 2 heteroatoms. The van der Waals surface area contributed by atoms with Crippen LogP contribution >= 0.6 is 0 Å². The van der Waals surface area contributed by atoms with Gasteiger partial charge in [-0.15, -0.1) is 0 Å². The van der Waals surface area contributed by atoms with E-state index >= 15 is 0 Å². The van der Waals surface area contributed by atoms with Gasteiger partial charge in [0.2, 0.25) is 0 Å². The smallest absolute Gasteiger partial charge is 0.119 e. The van der Waals surface area contributed by atoms with E-state index in [0.29, 0.717) is 6.61 Å². The van der Waals surface area contributed by atoms with Gasteiger partial charge in [-0.2, -0.15) is 0 Å². The highest BCUT2D eigenvalue weighted by molar-refractivity contribution is 5.48. The third kappa shape index (κ3) is 11.6. The van der Waals surface area contributed by atoms with Crippen LogP contribution in [0.5, 0.6) is 0 Å². The Balaban J connectivity index is 2.79. The molecule has 0 aromatic rings. The van der Waals surface area contributed by atoms with Gasteiger partial charge in [0.1, 0.15) is 6.29 Å². The Morgan fingerprint density at radius 1 is 0.769 bits per heavy atom. The van der Waals surface area contributed by atoms with Crippen molar-refractivity contribution in [3.8, 4) is 0 Å². The Kier molecular flexibility index (Phi) is 11.3. The largest absolute Gasteiger partial charge is 0.396 e. The third-order valence-electron chi connectivity index (χ3n) is 2.23. The zero-order valence-corrected chi connectivity index (χ0v) is 8.50. The van der Waals surface area contributed by atoms with Crippen LogP contribution < -0.4 is 0 Å². The Morgan fingerprint density at radius 3 is 1.69 bits per heavy atom. The van der Waals surface area contributed by atoms with Gasteiger partial charge in [-0.25, -0.2) is 0 Å². The highest BCUT2D eigenvalue weighted by Gasteiger charge is 1.91. The number of unbranched alkanes of at least 4 members (excludes halogenated alkanes) is 8. The van der Waals surface area contributed by atoms with E-state index < -0.39 is 0 Å². The number of hydrogen-bond donors (Lipinski definition) is 1. The van der Waals surface area contributed by atoms with Gasteiger partial charge in [-0.05, 0) is 12.8 Å². The van der Waals surface area contributed by atoms with E-state index in [-0.39, 0.29) is 0 Å². The Bertz CT molecular complexity index is 102. The molecule has 0 bridgehead atoms. The number of aliphatic hydroxyl groups is 1. The zero-order valence-electron chi connectivity index (χ0n) is 8.50. The highest BCUT2D eigenvalue weighted by atomic mass is 16.2. The van der Waals surface area contributed by atoms with Crippen molar-refractivity contribution >= 4 is 6.29 Å².